The van der Waals surface area contributed by atoms with E-state index < -0.39 is 10.0 Å². The second-order valence-corrected chi connectivity index (χ2v) is 8.25. The van der Waals surface area contributed by atoms with E-state index in [0.29, 0.717) is 13.1 Å². The van der Waals surface area contributed by atoms with E-state index in [9.17, 15) is 13.2 Å². The molecule has 0 aliphatic carbocycles. The lowest BCUT2D eigenvalue weighted by molar-refractivity contribution is -0.128. The highest BCUT2D eigenvalue weighted by molar-refractivity contribution is 7.89. The molecular weight excluding hydrogens is 314 g/mol. The normalized spacial score (nSPS) is 20.3. The molecule has 1 aromatic rings. The van der Waals surface area contributed by atoms with Gasteiger partial charge in [-0.25, -0.2) is 13.6 Å². The average molecular weight is 339 g/mol. The average Bonchev–Trinajstić information content (AvgIpc) is 2.74. The first-order valence-corrected chi connectivity index (χ1v) is 9.38. The van der Waals surface area contributed by atoms with Crippen LogP contribution in [0.15, 0.2) is 24.3 Å². The first-order chi connectivity index (χ1) is 10.7. The minimum absolute atomic E-state index is 0.00221. The molecule has 0 spiro atoms. The molecule has 7 heteroatoms. The third-order valence-electron chi connectivity index (χ3n) is 4.24. The molecule has 2 rings (SSSR count). The Morgan fingerprint density at radius 3 is 2.43 bits per heavy atom. The first-order valence-electron chi connectivity index (χ1n) is 7.67. The van der Waals surface area contributed by atoms with E-state index in [4.69, 9.17) is 5.14 Å². The predicted molar refractivity (Wildman–Crippen MR) is 90.3 cm³/mol. The van der Waals surface area contributed by atoms with Crippen LogP contribution in [0.3, 0.4) is 0 Å². The van der Waals surface area contributed by atoms with Crippen molar-refractivity contribution >= 4 is 15.9 Å². The molecule has 0 bridgehead atoms. The van der Waals surface area contributed by atoms with Crippen molar-refractivity contribution in [1.82, 2.24) is 9.80 Å². The summed E-state index contributed by atoms with van der Waals surface area (Å²) < 4.78 is 22.4. The number of carbonyl (C=O) groups excluding carboxylic acids is 1. The molecule has 1 fully saturated rings. The Hall–Kier alpha value is -1.44. The summed E-state index contributed by atoms with van der Waals surface area (Å²) in [6.45, 7) is 3.04. The van der Waals surface area contributed by atoms with Gasteiger partial charge in [-0.05, 0) is 26.6 Å². The van der Waals surface area contributed by atoms with Crippen molar-refractivity contribution in [1.29, 1.82) is 0 Å². The molecule has 1 heterocycles. The van der Waals surface area contributed by atoms with E-state index >= 15 is 0 Å². The molecule has 1 amide bonds. The van der Waals surface area contributed by atoms with Crippen LogP contribution in [0.1, 0.15) is 23.6 Å². The number of nitrogens with two attached hydrogens (primary N) is 1. The minimum Gasteiger partial charge on any atom is -0.340 e. The fourth-order valence-electron chi connectivity index (χ4n) is 3.03. The summed E-state index contributed by atoms with van der Waals surface area (Å²) in [4.78, 5) is 16.0. The molecule has 2 unspecified atom stereocenters. The lowest BCUT2D eigenvalue weighted by atomic mass is 10.0. The Bertz CT molecular complexity index is 656. The van der Waals surface area contributed by atoms with Crippen LogP contribution in [0, 0.1) is 12.8 Å². The fourth-order valence-corrected chi connectivity index (χ4v) is 3.92. The highest BCUT2D eigenvalue weighted by atomic mass is 32.2. The van der Waals surface area contributed by atoms with Gasteiger partial charge in [-0.3, -0.25) is 4.79 Å². The molecule has 1 saturated heterocycles. The summed E-state index contributed by atoms with van der Waals surface area (Å²) in [5, 5.41) is 5.10. The van der Waals surface area contributed by atoms with Gasteiger partial charge in [0.2, 0.25) is 15.9 Å². The largest absolute Gasteiger partial charge is 0.340 e. The second kappa shape index (κ2) is 6.98. The standard InChI is InChI=1S/C16H25N3O3S/c1-12-4-6-14(7-5-12)15(18(2)3)10-19-9-13(8-16(19)20)11-23(17,21)22/h4-7,13,15H,8-11H2,1-3H3,(H2,17,21,22). The molecule has 2 atom stereocenters. The number of benzene rings is 1. The number of rotatable bonds is 6. The van der Waals surface area contributed by atoms with Crippen molar-refractivity contribution in [2.75, 3.05) is 32.9 Å². The van der Waals surface area contributed by atoms with Gasteiger partial charge in [0.1, 0.15) is 0 Å². The van der Waals surface area contributed by atoms with Gasteiger partial charge >= 0.3 is 0 Å². The molecule has 0 saturated carbocycles. The van der Waals surface area contributed by atoms with E-state index in [1.165, 1.54) is 5.56 Å². The summed E-state index contributed by atoms with van der Waals surface area (Å²) in [5.74, 6) is -0.345. The summed E-state index contributed by atoms with van der Waals surface area (Å²) >= 11 is 0. The van der Waals surface area contributed by atoms with Gasteiger partial charge in [0, 0.05) is 25.4 Å². The molecule has 1 aliphatic rings. The van der Waals surface area contributed by atoms with Crippen molar-refractivity contribution in [3.63, 3.8) is 0 Å². The molecule has 2 N–H and O–H groups in total. The van der Waals surface area contributed by atoms with Crippen molar-refractivity contribution in [2.45, 2.75) is 19.4 Å². The molecule has 0 aromatic heterocycles. The van der Waals surface area contributed by atoms with Crippen LogP contribution in [0.4, 0.5) is 0 Å². The van der Waals surface area contributed by atoms with Crippen LogP contribution in [-0.2, 0) is 14.8 Å². The third-order valence-corrected chi connectivity index (χ3v) is 5.18. The maximum absolute atomic E-state index is 12.2. The van der Waals surface area contributed by atoms with E-state index in [1.54, 1.807) is 4.90 Å². The smallest absolute Gasteiger partial charge is 0.223 e. The van der Waals surface area contributed by atoms with E-state index in [1.807, 2.05) is 21.0 Å². The first kappa shape index (κ1) is 17.9. The number of likely N-dealkylation sites (tertiary alicyclic amines) is 1. The van der Waals surface area contributed by atoms with Gasteiger partial charge in [-0.2, -0.15) is 0 Å². The summed E-state index contributed by atoms with van der Waals surface area (Å²) in [6, 6.07) is 8.33. The molecule has 6 nitrogen and oxygen atoms in total. The number of primary sulfonamides is 1. The van der Waals surface area contributed by atoms with E-state index in [0.717, 1.165) is 5.56 Å². The molecular formula is C16H25N3O3S. The summed E-state index contributed by atoms with van der Waals surface area (Å²) in [7, 11) is 0.413. The zero-order chi connectivity index (χ0) is 17.2. The Kier molecular flexibility index (Phi) is 5.44. The van der Waals surface area contributed by atoms with Gasteiger partial charge in [-0.1, -0.05) is 29.8 Å². The number of hydrogen-bond donors (Lipinski definition) is 1. The van der Waals surface area contributed by atoms with Crippen LogP contribution >= 0.6 is 0 Å². The predicted octanol–water partition coefficient (Wildman–Crippen LogP) is 0.735. The van der Waals surface area contributed by atoms with E-state index in [2.05, 4.69) is 29.2 Å². The zero-order valence-electron chi connectivity index (χ0n) is 13.9. The number of hydrogen-bond acceptors (Lipinski definition) is 4. The van der Waals surface area contributed by atoms with Crippen molar-refractivity contribution in [3.8, 4) is 0 Å². The highest BCUT2D eigenvalue weighted by Crippen LogP contribution is 2.25. The van der Waals surface area contributed by atoms with Gasteiger partial charge in [-0.15, -0.1) is 0 Å². The molecule has 128 valence electrons. The second-order valence-electron chi connectivity index (χ2n) is 6.59. The SMILES string of the molecule is Cc1ccc(C(CN2CC(CS(N)(=O)=O)CC2=O)N(C)C)cc1. The Labute approximate surface area is 138 Å². The molecule has 1 aliphatic heterocycles. The topological polar surface area (TPSA) is 83.7 Å². The number of likely N-dealkylation sites (N-methyl/N-ethyl adjacent to an activating group) is 1. The number of sulfonamides is 1. The quantitative estimate of drug-likeness (QED) is 0.828. The third kappa shape index (κ3) is 5.02. The maximum atomic E-state index is 12.2. The lowest BCUT2D eigenvalue weighted by Crippen LogP contribution is -2.36. The van der Waals surface area contributed by atoms with Gasteiger partial charge in [0.25, 0.3) is 0 Å². The Balaban J connectivity index is 2.08. The monoisotopic (exact) mass is 339 g/mol. The molecule has 0 radical (unpaired) electrons. The number of carbonyl (C=O) groups is 1. The maximum Gasteiger partial charge on any atom is 0.223 e. The Morgan fingerprint density at radius 2 is 1.91 bits per heavy atom. The van der Waals surface area contributed by atoms with Crippen LogP contribution in [-0.4, -0.2) is 57.1 Å². The number of aryl methyl sites for hydroxylation is 1. The highest BCUT2D eigenvalue weighted by Gasteiger charge is 2.33. The van der Waals surface area contributed by atoms with Gasteiger partial charge in [0.15, 0.2) is 0 Å². The van der Waals surface area contributed by atoms with Crippen molar-refractivity contribution < 1.29 is 13.2 Å². The summed E-state index contributed by atoms with van der Waals surface area (Å²) in [6.07, 6.45) is 0.254. The fraction of sp³-hybridized carbons (Fsp3) is 0.562. The Morgan fingerprint density at radius 1 is 1.30 bits per heavy atom. The summed E-state index contributed by atoms with van der Waals surface area (Å²) in [5.41, 5.74) is 2.33. The molecule has 23 heavy (non-hydrogen) atoms. The number of nitrogens with zero attached hydrogens (tertiary/aromatic N) is 2. The minimum atomic E-state index is -3.55. The lowest BCUT2D eigenvalue weighted by Gasteiger charge is -2.29. The number of amides is 1. The van der Waals surface area contributed by atoms with Crippen molar-refractivity contribution in [3.05, 3.63) is 35.4 Å². The van der Waals surface area contributed by atoms with Crippen LogP contribution in [0.2, 0.25) is 0 Å². The van der Waals surface area contributed by atoms with Crippen LogP contribution in [0.5, 0.6) is 0 Å². The van der Waals surface area contributed by atoms with Gasteiger partial charge in [0.05, 0.1) is 11.8 Å². The zero-order valence-corrected chi connectivity index (χ0v) is 14.7. The van der Waals surface area contributed by atoms with Crippen molar-refractivity contribution in [2.24, 2.45) is 11.1 Å². The molecule has 1 aromatic carbocycles. The van der Waals surface area contributed by atoms with Crippen LogP contribution < -0.4 is 5.14 Å². The van der Waals surface area contributed by atoms with Crippen LogP contribution in [0.25, 0.3) is 0 Å². The van der Waals surface area contributed by atoms with E-state index in [-0.39, 0.29) is 30.0 Å². The van der Waals surface area contributed by atoms with Gasteiger partial charge < -0.3 is 9.80 Å².